The van der Waals surface area contributed by atoms with Crippen LogP contribution in [-0.4, -0.2) is 84.6 Å². The lowest BCUT2D eigenvalue weighted by Crippen LogP contribution is -2.48. The van der Waals surface area contributed by atoms with E-state index in [0.29, 0.717) is 13.1 Å². The van der Waals surface area contributed by atoms with Gasteiger partial charge in [0.2, 0.25) is 5.91 Å². The molecule has 1 saturated heterocycles. The molecule has 1 N–H and O–H groups in total. The Bertz CT molecular complexity index is 629. The third kappa shape index (κ3) is 6.22. The summed E-state index contributed by atoms with van der Waals surface area (Å²) in [7, 11) is 3.45. The summed E-state index contributed by atoms with van der Waals surface area (Å²) in [5, 5.41) is 9.02. The molecule has 0 aromatic heterocycles. The quantitative estimate of drug-likeness (QED) is 0.704. The van der Waals surface area contributed by atoms with E-state index in [1.807, 2.05) is 43.1 Å². The highest BCUT2D eigenvalue weighted by Crippen LogP contribution is 2.20. The molecule has 0 saturated carbocycles. The fraction of sp³-hybridized carbons (Fsp3) is 0.600. The van der Waals surface area contributed by atoms with Crippen molar-refractivity contribution < 1.29 is 19.4 Å². The highest BCUT2D eigenvalue weighted by atomic mass is 16.5. The van der Waals surface area contributed by atoms with Gasteiger partial charge in [0.1, 0.15) is 5.75 Å². The van der Waals surface area contributed by atoms with Crippen molar-refractivity contribution >= 4 is 11.9 Å². The number of piperidine rings is 1. The van der Waals surface area contributed by atoms with Crippen LogP contribution < -0.4 is 4.74 Å². The minimum Gasteiger partial charge on any atom is -0.496 e. The Morgan fingerprint density at radius 1 is 1.26 bits per heavy atom. The number of hydrogen-bond donors (Lipinski definition) is 1. The zero-order valence-electron chi connectivity index (χ0n) is 16.6. The van der Waals surface area contributed by atoms with Gasteiger partial charge < -0.3 is 14.7 Å². The fourth-order valence-corrected chi connectivity index (χ4v) is 3.60. The van der Waals surface area contributed by atoms with Crippen molar-refractivity contribution in [3.05, 3.63) is 29.8 Å². The molecule has 7 heteroatoms. The highest BCUT2D eigenvalue weighted by molar-refractivity contribution is 5.78. The second-order valence-electron chi connectivity index (χ2n) is 7.03. The molecular formula is C20H31N3O4. The molecule has 1 aliphatic rings. The third-order valence-electron chi connectivity index (χ3n) is 5.20. The molecule has 1 aromatic rings. The first-order valence-corrected chi connectivity index (χ1v) is 9.48. The number of carbonyl (C=O) groups excluding carboxylic acids is 1. The maximum Gasteiger partial charge on any atom is 0.317 e. The molecule has 0 spiro atoms. The Kier molecular flexibility index (Phi) is 8.06. The first-order chi connectivity index (χ1) is 12.9. The van der Waals surface area contributed by atoms with Gasteiger partial charge in [0, 0.05) is 38.3 Å². The van der Waals surface area contributed by atoms with Gasteiger partial charge in [0.15, 0.2) is 0 Å². The van der Waals surface area contributed by atoms with Crippen LogP contribution in [0.2, 0.25) is 0 Å². The molecule has 1 aliphatic heterocycles. The summed E-state index contributed by atoms with van der Waals surface area (Å²) in [5.41, 5.74) is 0.988. The van der Waals surface area contributed by atoms with E-state index in [-0.39, 0.29) is 18.5 Å². The number of benzene rings is 1. The molecule has 0 radical (unpaired) electrons. The van der Waals surface area contributed by atoms with Gasteiger partial charge >= 0.3 is 5.97 Å². The van der Waals surface area contributed by atoms with Crippen LogP contribution in [0.4, 0.5) is 0 Å². The smallest absolute Gasteiger partial charge is 0.317 e. The van der Waals surface area contributed by atoms with Gasteiger partial charge in [-0.15, -0.1) is 0 Å². The molecule has 0 unspecified atom stereocenters. The number of hydrogen-bond acceptors (Lipinski definition) is 5. The summed E-state index contributed by atoms with van der Waals surface area (Å²) in [6, 6.07) is 8.00. The lowest BCUT2D eigenvalue weighted by atomic mass is 10.0. The third-order valence-corrected chi connectivity index (χ3v) is 5.20. The predicted octanol–water partition coefficient (Wildman–Crippen LogP) is 1.52. The van der Waals surface area contributed by atoms with E-state index in [1.165, 1.54) is 0 Å². The van der Waals surface area contributed by atoms with Crippen LogP contribution in [0.15, 0.2) is 24.3 Å². The average Bonchev–Trinajstić information content (AvgIpc) is 2.67. The van der Waals surface area contributed by atoms with E-state index in [1.54, 1.807) is 12.0 Å². The van der Waals surface area contributed by atoms with E-state index >= 15 is 0 Å². The molecule has 27 heavy (non-hydrogen) atoms. The number of carboxylic acids is 1. The Morgan fingerprint density at radius 3 is 2.52 bits per heavy atom. The van der Waals surface area contributed by atoms with E-state index < -0.39 is 5.97 Å². The van der Waals surface area contributed by atoms with Crippen LogP contribution in [0.3, 0.4) is 0 Å². The van der Waals surface area contributed by atoms with Crippen molar-refractivity contribution in [3.8, 4) is 5.75 Å². The number of likely N-dealkylation sites (tertiary alicyclic amines) is 1. The normalized spacial score (nSPS) is 15.7. The SMILES string of the molecule is CCN(CC(=O)O)C1CCN(CC(=O)N(C)Cc2ccccc2OC)CC1. The molecule has 0 atom stereocenters. The van der Waals surface area contributed by atoms with Gasteiger partial charge in [-0.1, -0.05) is 25.1 Å². The van der Waals surface area contributed by atoms with Gasteiger partial charge in [-0.05, 0) is 25.5 Å². The molecule has 2 rings (SSSR count). The standard InChI is InChI=1S/C20H31N3O4/c1-4-23(15-20(25)26)17-9-11-22(12-10-17)14-19(24)21(2)13-16-7-5-6-8-18(16)27-3/h5-8,17H,4,9-15H2,1-3H3,(H,25,26). The number of carbonyl (C=O) groups is 2. The van der Waals surface area contributed by atoms with Crippen molar-refractivity contribution in [3.63, 3.8) is 0 Å². The molecular weight excluding hydrogens is 346 g/mol. The van der Waals surface area contributed by atoms with Crippen LogP contribution in [0.5, 0.6) is 5.75 Å². The Hall–Kier alpha value is -2.12. The summed E-state index contributed by atoms with van der Waals surface area (Å²) < 4.78 is 5.35. The second kappa shape index (κ2) is 10.3. The number of ether oxygens (including phenoxy) is 1. The maximum absolute atomic E-state index is 12.6. The van der Waals surface area contributed by atoms with Crippen molar-refractivity contribution in [1.82, 2.24) is 14.7 Å². The number of nitrogens with zero attached hydrogens (tertiary/aromatic N) is 3. The van der Waals surface area contributed by atoms with Crippen molar-refractivity contribution in [1.29, 1.82) is 0 Å². The largest absolute Gasteiger partial charge is 0.496 e. The monoisotopic (exact) mass is 377 g/mol. The number of carboxylic acid groups (broad SMARTS) is 1. The molecule has 150 valence electrons. The van der Waals surface area contributed by atoms with E-state index in [2.05, 4.69) is 4.90 Å². The minimum atomic E-state index is -0.785. The topological polar surface area (TPSA) is 73.3 Å². The number of amides is 1. The molecule has 1 fully saturated rings. The molecule has 1 aromatic carbocycles. The summed E-state index contributed by atoms with van der Waals surface area (Å²) in [6.45, 7) is 5.35. The summed E-state index contributed by atoms with van der Waals surface area (Å²) in [4.78, 5) is 29.5. The number of aliphatic carboxylic acids is 1. The van der Waals surface area contributed by atoms with Gasteiger partial charge in [-0.3, -0.25) is 19.4 Å². The fourth-order valence-electron chi connectivity index (χ4n) is 3.60. The van der Waals surface area contributed by atoms with Crippen molar-refractivity contribution in [2.75, 3.05) is 46.9 Å². The average molecular weight is 377 g/mol. The number of likely N-dealkylation sites (N-methyl/N-ethyl adjacent to an activating group) is 2. The van der Waals surface area contributed by atoms with Gasteiger partial charge in [0.05, 0.1) is 20.2 Å². The summed E-state index contributed by atoms with van der Waals surface area (Å²) >= 11 is 0. The van der Waals surface area contributed by atoms with Crippen LogP contribution in [-0.2, 0) is 16.1 Å². The Balaban J connectivity index is 1.82. The summed E-state index contributed by atoms with van der Waals surface area (Å²) in [6.07, 6.45) is 1.79. The molecule has 0 aliphatic carbocycles. The Labute approximate surface area is 161 Å². The van der Waals surface area contributed by atoms with Gasteiger partial charge in [0.25, 0.3) is 0 Å². The van der Waals surface area contributed by atoms with Crippen LogP contribution >= 0.6 is 0 Å². The molecule has 7 nitrogen and oxygen atoms in total. The first kappa shape index (κ1) is 21.2. The second-order valence-corrected chi connectivity index (χ2v) is 7.03. The van der Waals surface area contributed by atoms with Gasteiger partial charge in [-0.2, -0.15) is 0 Å². The molecule has 1 heterocycles. The Morgan fingerprint density at radius 2 is 1.93 bits per heavy atom. The minimum absolute atomic E-state index is 0.0808. The highest BCUT2D eigenvalue weighted by Gasteiger charge is 2.26. The van der Waals surface area contributed by atoms with Crippen LogP contribution in [0, 0.1) is 0 Å². The zero-order valence-corrected chi connectivity index (χ0v) is 16.6. The van der Waals surface area contributed by atoms with Gasteiger partial charge in [-0.25, -0.2) is 0 Å². The first-order valence-electron chi connectivity index (χ1n) is 9.48. The van der Waals surface area contributed by atoms with E-state index in [4.69, 9.17) is 9.84 Å². The molecule has 0 bridgehead atoms. The van der Waals surface area contributed by atoms with Crippen LogP contribution in [0.1, 0.15) is 25.3 Å². The van der Waals surface area contributed by atoms with E-state index in [9.17, 15) is 9.59 Å². The maximum atomic E-state index is 12.6. The lowest BCUT2D eigenvalue weighted by Gasteiger charge is -2.37. The van der Waals surface area contributed by atoms with E-state index in [0.717, 1.165) is 43.8 Å². The predicted molar refractivity (Wildman–Crippen MR) is 104 cm³/mol. The van der Waals surface area contributed by atoms with Crippen LogP contribution in [0.25, 0.3) is 0 Å². The number of methoxy groups -OCH3 is 1. The van der Waals surface area contributed by atoms with Crippen molar-refractivity contribution in [2.24, 2.45) is 0 Å². The molecule has 1 amide bonds. The summed E-state index contributed by atoms with van der Waals surface area (Å²) in [5.74, 6) is 0.0840. The number of rotatable bonds is 9. The number of para-hydroxylation sites is 1. The van der Waals surface area contributed by atoms with Crippen molar-refractivity contribution in [2.45, 2.75) is 32.4 Å². The zero-order chi connectivity index (χ0) is 19.8. The lowest BCUT2D eigenvalue weighted by molar-refractivity contribution is -0.139.